The van der Waals surface area contributed by atoms with Crippen molar-refractivity contribution in [2.45, 2.75) is 51.4 Å². The number of amides is 1. The first-order valence-corrected chi connectivity index (χ1v) is 13.9. The first kappa shape index (κ1) is 33.3. The van der Waals surface area contributed by atoms with Gasteiger partial charge < -0.3 is 29.4 Å². The van der Waals surface area contributed by atoms with Crippen molar-refractivity contribution in [1.29, 1.82) is 0 Å². The van der Waals surface area contributed by atoms with Crippen LogP contribution in [0.15, 0.2) is 35.1 Å². The summed E-state index contributed by atoms with van der Waals surface area (Å²) in [5, 5.41) is 4.23. The summed E-state index contributed by atoms with van der Waals surface area (Å²) in [5.74, 6) is -4.34. The summed E-state index contributed by atoms with van der Waals surface area (Å²) in [4.78, 5) is 39.0. The molecule has 9 nitrogen and oxygen atoms in total. The molecule has 242 valence electrons. The molecule has 1 amide bonds. The highest BCUT2D eigenvalue weighted by molar-refractivity contribution is 5.97. The molecule has 1 aliphatic heterocycles. The van der Waals surface area contributed by atoms with Gasteiger partial charge >= 0.3 is 12.1 Å². The lowest BCUT2D eigenvalue weighted by atomic mass is 9.90. The average molecular weight is 638 g/mol. The molecule has 0 saturated heterocycles. The number of anilines is 1. The second-order valence-electron chi connectivity index (χ2n) is 10.6. The molecule has 0 spiro atoms. The average Bonchev–Trinajstić information content (AvgIpc) is 2.98. The Labute approximate surface area is 255 Å². The molecule has 2 atom stereocenters. The van der Waals surface area contributed by atoms with Crippen molar-refractivity contribution in [2.24, 2.45) is 7.05 Å². The van der Waals surface area contributed by atoms with E-state index >= 15 is 0 Å². The van der Waals surface area contributed by atoms with Crippen LogP contribution in [0.3, 0.4) is 0 Å². The van der Waals surface area contributed by atoms with Crippen LogP contribution in [0.1, 0.15) is 40.5 Å². The molecule has 2 heterocycles. The summed E-state index contributed by atoms with van der Waals surface area (Å²) >= 11 is 0. The Morgan fingerprint density at radius 1 is 1.11 bits per heavy atom. The van der Waals surface area contributed by atoms with Gasteiger partial charge in [-0.25, -0.2) is 13.6 Å². The molecule has 14 heteroatoms. The number of rotatable bonds is 9. The summed E-state index contributed by atoms with van der Waals surface area (Å²) in [6, 6.07) is 2.61. The van der Waals surface area contributed by atoms with Crippen LogP contribution in [0.4, 0.5) is 27.6 Å². The number of nitrogens with one attached hydrogen (secondary N) is 2. The van der Waals surface area contributed by atoms with E-state index in [1.54, 1.807) is 32.2 Å². The number of pyridine rings is 1. The standard InChI is InChI=1S/C31H32F5N3O6/c1-15-11-24(43-4)25(29(41)39(15)3)20-9-8-17(19-7-6-10-45-27(19)20)12-23(30(42)44-5)38-28(40)26-21(32)13-18(14-22(26)33)37-16(2)31(34,35)36/h8-9,11,13-14,16,23,37H,6-7,10,12H2,1-5H3,(H,38,40)/t16-,23+/m1/s1. The van der Waals surface area contributed by atoms with Crippen molar-refractivity contribution in [2.75, 3.05) is 26.1 Å². The number of hydrogen-bond donors (Lipinski definition) is 2. The third-order valence-corrected chi connectivity index (χ3v) is 7.66. The summed E-state index contributed by atoms with van der Waals surface area (Å²) in [6.45, 7) is 2.90. The van der Waals surface area contributed by atoms with Gasteiger partial charge in [0.1, 0.15) is 40.8 Å². The van der Waals surface area contributed by atoms with Gasteiger partial charge in [0.25, 0.3) is 11.5 Å². The minimum atomic E-state index is -4.68. The van der Waals surface area contributed by atoms with Crippen molar-refractivity contribution in [3.63, 3.8) is 0 Å². The number of aromatic nitrogens is 1. The smallest absolute Gasteiger partial charge is 0.408 e. The molecule has 3 aromatic rings. The number of aryl methyl sites for hydroxylation is 1. The molecule has 0 unspecified atom stereocenters. The SMILES string of the molecule is COC(=O)[C@H](Cc1ccc(-c2c(OC)cc(C)n(C)c2=O)c2c1CCCO2)NC(=O)c1c(F)cc(N[C@H](C)C(F)(F)F)cc1F. The molecule has 2 aromatic carbocycles. The van der Waals surface area contributed by atoms with E-state index in [1.165, 1.54) is 11.7 Å². The molecule has 1 aliphatic rings. The van der Waals surface area contributed by atoms with E-state index in [1.807, 2.05) is 5.32 Å². The minimum Gasteiger partial charge on any atom is -0.496 e. The number of alkyl halides is 3. The topological polar surface area (TPSA) is 108 Å². The maximum Gasteiger partial charge on any atom is 0.408 e. The number of ether oxygens (including phenoxy) is 3. The fourth-order valence-corrected chi connectivity index (χ4v) is 5.11. The van der Waals surface area contributed by atoms with Crippen LogP contribution in [0, 0.1) is 18.6 Å². The van der Waals surface area contributed by atoms with E-state index in [0.29, 0.717) is 65.5 Å². The highest BCUT2D eigenvalue weighted by Gasteiger charge is 2.36. The van der Waals surface area contributed by atoms with Crippen molar-refractivity contribution < 1.29 is 45.8 Å². The van der Waals surface area contributed by atoms with Gasteiger partial charge in [0, 0.05) is 36.5 Å². The Morgan fingerprint density at radius 2 is 1.78 bits per heavy atom. The molecular formula is C31H32F5N3O6. The van der Waals surface area contributed by atoms with E-state index in [9.17, 15) is 36.3 Å². The Kier molecular flexibility index (Phi) is 9.74. The van der Waals surface area contributed by atoms with Crippen LogP contribution >= 0.6 is 0 Å². The van der Waals surface area contributed by atoms with E-state index in [-0.39, 0.29) is 17.5 Å². The molecule has 4 rings (SSSR count). The maximum absolute atomic E-state index is 14.9. The summed E-state index contributed by atoms with van der Waals surface area (Å²) in [5.41, 5.74) is 0.725. The Hall–Kier alpha value is -4.62. The summed E-state index contributed by atoms with van der Waals surface area (Å²) in [7, 11) is 4.15. The molecule has 0 radical (unpaired) electrons. The van der Waals surface area contributed by atoms with E-state index < -0.39 is 53.0 Å². The third kappa shape index (κ3) is 6.89. The van der Waals surface area contributed by atoms with Gasteiger partial charge in [0.15, 0.2) is 0 Å². The molecule has 0 fully saturated rings. The molecule has 0 aliphatic carbocycles. The van der Waals surface area contributed by atoms with Gasteiger partial charge in [0.2, 0.25) is 0 Å². The number of carbonyl (C=O) groups excluding carboxylic acids is 2. The monoisotopic (exact) mass is 637 g/mol. The number of hydrogen-bond acceptors (Lipinski definition) is 7. The van der Waals surface area contributed by atoms with Crippen molar-refractivity contribution in [3.05, 3.63) is 74.7 Å². The zero-order valence-corrected chi connectivity index (χ0v) is 25.2. The Bertz CT molecular complexity index is 1660. The van der Waals surface area contributed by atoms with Crippen molar-refractivity contribution in [1.82, 2.24) is 9.88 Å². The van der Waals surface area contributed by atoms with Gasteiger partial charge in [0.05, 0.1) is 26.4 Å². The quantitative estimate of drug-likeness (QED) is 0.255. The number of fused-ring (bicyclic) bond motifs is 1. The molecule has 45 heavy (non-hydrogen) atoms. The number of esters is 1. The van der Waals surface area contributed by atoms with Crippen LogP contribution in [-0.4, -0.2) is 55.5 Å². The maximum atomic E-state index is 14.9. The van der Waals surface area contributed by atoms with Crippen LogP contribution < -0.4 is 25.7 Å². The lowest BCUT2D eigenvalue weighted by molar-refractivity contribution is -0.143. The largest absolute Gasteiger partial charge is 0.496 e. The zero-order chi connectivity index (χ0) is 33.2. The van der Waals surface area contributed by atoms with E-state index in [2.05, 4.69) is 5.32 Å². The Morgan fingerprint density at radius 3 is 2.38 bits per heavy atom. The zero-order valence-electron chi connectivity index (χ0n) is 25.2. The summed E-state index contributed by atoms with van der Waals surface area (Å²) < 4.78 is 86.2. The molecule has 0 bridgehead atoms. The van der Waals surface area contributed by atoms with Gasteiger partial charge in [-0.1, -0.05) is 12.1 Å². The first-order chi connectivity index (χ1) is 21.2. The number of halogens is 5. The Balaban J connectivity index is 1.68. The van der Waals surface area contributed by atoms with Gasteiger partial charge in [-0.2, -0.15) is 13.2 Å². The lowest BCUT2D eigenvalue weighted by Gasteiger charge is -2.26. The van der Waals surface area contributed by atoms with Gasteiger partial charge in [-0.15, -0.1) is 0 Å². The van der Waals surface area contributed by atoms with Crippen LogP contribution in [-0.2, 0) is 29.4 Å². The molecule has 1 aromatic heterocycles. The highest BCUT2D eigenvalue weighted by Crippen LogP contribution is 2.41. The predicted octanol–water partition coefficient (Wildman–Crippen LogP) is 4.85. The van der Waals surface area contributed by atoms with E-state index in [0.717, 1.165) is 14.0 Å². The predicted molar refractivity (Wildman–Crippen MR) is 155 cm³/mol. The lowest BCUT2D eigenvalue weighted by Crippen LogP contribution is -2.44. The fourth-order valence-electron chi connectivity index (χ4n) is 5.11. The van der Waals surface area contributed by atoms with Crippen molar-refractivity contribution >= 4 is 17.6 Å². The number of benzene rings is 2. The highest BCUT2D eigenvalue weighted by atomic mass is 19.4. The molecular weight excluding hydrogens is 605 g/mol. The normalized spacial score (nSPS) is 14.1. The van der Waals surface area contributed by atoms with Crippen LogP contribution in [0.2, 0.25) is 0 Å². The second kappa shape index (κ2) is 13.2. The van der Waals surface area contributed by atoms with Crippen LogP contribution in [0.5, 0.6) is 11.5 Å². The number of methoxy groups -OCH3 is 2. The fraction of sp³-hybridized carbons (Fsp3) is 0.387. The van der Waals surface area contributed by atoms with E-state index in [4.69, 9.17) is 14.2 Å². The summed E-state index contributed by atoms with van der Waals surface area (Å²) in [6.07, 6.45) is -3.73. The molecule has 2 N–H and O–H groups in total. The van der Waals surface area contributed by atoms with Crippen molar-refractivity contribution in [3.8, 4) is 22.6 Å². The minimum absolute atomic E-state index is 0.167. The third-order valence-electron chi connectivity index (χ3n) is 7.66. The number of nitrogens with zero attached hydrogens (tertiary/aromatic N) is 1. The van der Waals surface area contributed by atoms with Crippen LogP contribution in [0.25, 0.3) is 11.1 Å². The molecule has 0 saturated carbocycles. The van der Waals surface area contributed by atoms with Gasteiger partial charge in [-0.3, -0.25) is 9.59 Å². The van der Waals surface area contributed by atoms with Gasteiger partial charge in [-0.05, 0) is 49.9 Å². The first-order valence-electron chi connectivity index (χ1n) is 13.9. The number of carbonyl (C=O) groups is 2. The second-order valence-corrected chi connectivity index (χ2v) is 10.6.